The minimum absolute atomic E-state index is 0.0654. The van der Waals surface area contributed by atoms with Crippen LogP contribution in [0, 0.1) is 0 Å². The van der Waals surface area contributed by atoms with Crippen LogP contribution in [0.4, 0.5) is 0 Å². The Balaban J connectivity index is 2.01. The smallest absolute Gasteiger partial charge is 0.115 e. The van der Waals surface area contributed by atoms with Gasteiger partial charge in [-0.25, -0.2) is 4.98 Å². The number of thiazole rings is 1. The van der Waals surface area contributed by atoms with Crippen LogP contribution in [0.15, 0.2) is 22.7 Å². The van der Waals surface area contributed by atoms with Crippen molar-refractivity contribution in [1.29, 1.82) is 0 Å². The van der Waals surface area contributed by atoms with E-state index in [2.05, 4.69) is 27.3 Å². The molecule has 0 saturated carbocycles. The van der Waals surface area contributed by atoms with Gasteiger partial charge in [0.05, 0.1) is 11.7 Å². The topological polar surface area (TPSA) is 24.9 Å². The van der Waals surface area contributed by atoms with Gasteiger partial charge in [0.1, 0.15) is 5.01 Å². The molecule has 0 saturated heterocycles. The quantitative estimate of drug-likeness (QED) is 0.842. The molecular formula is C15H16BrClN2S. The zero-order valence-electron chi connectivity index (χ0n) is 11.2. The Morgan fingerprint density at radius 3 is 2.90 bits per heavy atom. The lowest BCUT2D eigenvalue weighted by Gasteiger charge is -2.16. The second-order valence-corrected chi connectivity index (χ2v) is 7.45. The number of benzene rings is 1. The van der Waals surface area contributed by atoms with Crippen molar-refractivity contribution in [1.82, 2.24) is 10.3 Å². The maximum absolute atomic E-state index is 6.36. The number of halogens is 2. The summed E-state index contributed by atoms with van der Waals surface area (Å²) in [4.78, 5) is 6.31. The largest absolute Gasteiger partial charge is 0.307 e. The van der Waals surface area contributed by atoms with Gasteiger partial charge >= 0.3 is 0 Å². The molecule has 1 unspecified atom stereocenters. The van der Waals surface area contributed by atoms with E-state index in [4.69, 9.17) is 16.6 Å². The Bertz CT molecular complexity index is 603. The van der Waals surface area contributed by atoms with Crippen LogP contribution >= 0.6 is 38.9 Å². The van der Waals surface area contributed by atoms with Gasteiger partial charge in [0.15, 0.2) is 0 Å². The number of aromatic nitrogens is 1. The highest BCUT2D eigenvalue weighted by Gasteiger charge is 2.22. The van der Waals surface area contributed by atoms with E-state index in [-0.39, 0.29) is 6.04 Å². The van der Waals surface area contributed by atoms with Crippen molar-refractivity contribution in [3.8, 4) is 0 Å². The average molecular weight is 372 g/mol. The summed E-state index contributed by atoms with van der Waals surface area (Å²) >= 11 is 11.7. The number of fused-ring (bicyclic) bond motifs is 1. The minimum Gasteiger partial charge on any atom is -0.307 e. The molecule has 3 rings (SSSR count). The van der Waals surface area contributed by atoms with E-state index in [1.807, 2.05) is 30.5 Å². The van der Waals surface area contributed by atoms with E-state index in [0.717, 1.165) is 26.5 Å². The van der Waals surface area contributed by atoms with E-state index in [9.17, 15) is 0 Å². The fourth-order valence-corrected chi connectivity index (χ4v) is 4.53. The Hall–Kier alpha value is -0.420. The summed E-state index contributed by atoms with van der Waals surface area (Å²) in [6, 6.07) is 6.03. The van der Waals surface area contributed by atoms with Crippen LogP contribution in [0.3, 0.4) is 0 Å². The van der Waals surface area contributed by atoms with Crippen molar-refractivity contribution >= 4 is 38.9 Å². The summed E-state index contributed by atoms with van der Waals surface area (Å²) in [7, 11) is 1.96. The SMILES string of the molecule is CNC(c1nc2c(s1)CCCC2)c1cc(Br)ccc1Cl. The molecule has 2 nitrogen and oxygen atoms in total. The predicted octanol–water partition coefficient (Wildman–Crippen LogP) is 4.75. The highest BCUT2D eigenvalue weighted by Crippen LogP contribution is 2.35. The second kappa shape index (κ2) is 6.14. The fourth-order valence-electron chi connectivity index (χ4n) is 2.64. The number of nitrogens with zero attached hydrogens (tertiary/aromatic N) is 1. The number of nitrogens with one attached hydrogen (secondary N) is 1. The number of hydrogen-bond acceptors (Lipinski definition) is 3. The molecule has 1 aromatic heterocycles. The molecule has 1 heterocycles. The van der Waals surface area contributed by atoms with Gasteiger partial charge in [-0.15, -0.1) is 11.3 Å². The van der Waals surface area contributed by atoms with Gasteiger partial charge in [-0.3, -0.25) is 0 Å². The van der Waals surface area contributed by atoms with Crippen LogP contribution in [0.2, 0.25) is 5.02 Å². The molecule has 106 valence electrons. The van der Waals surface area contributed by atoms with Crippen LogP contribution < -0.4 is 5.32 Å². The summed E-state index contributed by atoms with van der Waals surface area (Å²) in [5.74, 6) is 0. The third-order valence-corrected chi connectivity index (χ3v) is 5.73. The van der Waals surface area contributed by atoms with Gasteiger partial charge in [0, 0.05) is 14.4 Å². The fraction of sp³-hybridized carbons (Fsp3) is 0.400. The van der Waals surface area contributed by atoms with E-state index in [1.165, 1.54) is 29.8 Å². The molecule has 0 radical (unpaired) electrons. The van der Waals surface area contributed by atoms with Crippen molar-refractivity contribution < 1.29 is 0 Å². The summed E-state index contributed by atoms with van der Waals surface area (Å²) in [5, 5.41) is 5.26. The number of hydrogen-bond donors (Lipinski definition) is 1. The van der Waals surface area contributed by atoms with Gasteiger partial charge in [0.25, 0.3) is 0 Å². The molecule has 2 aromatic rings. The van der Waals surface area contributed by atoms with Crippen molar-refractivity contribution in [3.05, 3.63) is 48.8 Å². The zero-order chi connectivity index (χ0) is 14.1. The van der Waals surface area contributed by atoms with Crippen LogP contribution in [-0.2, 0) is 12.8 Å². The summed E-state index contributed by atoms with van der Waals surface area (Å²) in [6.45, 7) is 0. The normalized spacial score (nSPS) is 15.9. The van der Waals surface area contributed by atoms with Crippen molar-refractivity contribution in [3.63, 3.8) is 0 Å². The predicted molar refractivity (Wildman–Crippen MR) is 88.8 cm³/mol. The lowest BCUT2D eigenvalue weighted by Crippen LogP contribution is -2.18. The maximum Gasteiger partial charge on any atom is 0.115 e. The van der Waals surface area contributed by atoms with Crippen LogP contribution in [-0.4, -0.2) is 12.0 Å². The summed E-state index contributed by atoms with van der Waals surface area (Å²) < 4.78 is 1.04. The van der Waals surface area contributed by atoms with Crippen LogP contribution in [0.1, 0.15) is 40.0 Å². The van der Waals surface area contributed by atoms with Crippen LogP contribution in [0.25, 0.3) is 0 Å². The first kappa shape index (κ1) is 14.5. The highest BCUT2D eigenvalue weighted by molar-refractivity contribution is 9.10. The summed E-state index contributed by atoms with van der Waals surface area (Å²) in [6.07, 6.45) is 4.85. The molecule has 1 N–H and O–H groups in total. The molecule has 1 aromatic carbocycles. The lowest BCUT2D eigenvalue weighted by atomic mass is 10.0. The van der Waals surface area contributed by atoms with Crippen LogP contribution in [0.5, 0.6) is 0 Å². The third kappa shape index (κ3) is 2.80. The van der Waals surface area contributed by atoms with Gasteiger partial charge in [-0.2, -0.15) is 0 Å². The third-order valence-electron chi connectivity index (χ3n) is 3.67. The second-order valence-electron chi connectivity index (χ2n) is 5.02. The van der Waals surface area contributed by atoms with E-state index < -0.39 is 0 Å². The minimum atomic E-state index is 0.0654. The van der Waals surface area contributed by atoms with Gasteiger partial charge < -0.3 is 5.32 Å². The molecule has 0 amide bonds. The molecule has 20 heavy (non-hydrogen) atoms. The molecule has 1 aliphatic carbocycles. The first-order valence-electron chi connectivity index (χ1n) is 6.79. The summed E-state index contributed by atoms with van der Waals surface area (Å²) in [5.41, 5.74) is 2.37. The van der Waals surface area contributed by atoms with E-state index in [1.54, 1.807) is 0 Å². The molecule has 1 atom stereocenters. The van der Waals surface area contributed by atoms with Gasteiger partial charge in [-0.05, 0) is 56.5 Å². The first-order valence-corrected chi connectivity index (χ1v) is 8.78. The van der Waals surface area contributed by atoms with E-state index >= 15 is 0 Å². The Morgan fingerprint density at radius 1 is 1.35 bits per heavy atom. The maximum atomic E-state index is 6.36. The molecule has 0 fully saturated rings. The van der Waals surface area contributed by atoms with Crippen molar-refractivity contribution in [2.45, 2.75) is 31.7 Å². The first-order chi connectivity index (χ1) is 9.69. The molecule has 0 aliphatic heterocycles. The highest BCUT2D eigenvalue weighted by atomic mass is 79.9. The van der Waals surface area contributed by atoms with Crippen molar-refractivity contribution in [2.75, 3.05) is 7.05 Å². The molecule has 5 heteroatoms. The molecular weight excluding hydrogens is 356 g/mol. The van der Waals surface area contributed by atoms with Gasteiger partial charge in [0.2, 0.25) is 0 Å². The van der Waals surface area contributed by atoms with Crippen molar-refractivity contribution in [2.24, 2.45) is 0 Å². The molecule has 1 aliphatic rings. The Morgan fingerprint density at radius 2 is 2.15 bits per heavy atom. The standard InChI is InChI=1S/C15H16BrClN2S/c1-18-14(10-8-9(16)6-7-11(10)17)15-19-12-4-2-3-5-13(12)20-15/h6-8,14,18H,2-5H2,1H3. The Kier molecular flexibility index (Phi) is 4.46. The van der Waals surface area contributed by atoms with E-state index in [0.29, 0.717) is 0 Å². The molecule has 0 bridgehead atoms. The monoisotopic (exact) mass is 370 g/mol. The number of aryl methyl sites for hydroxylation is 2. The Labute approximate surface area is 136 Å². The lowest BCUT2D eigenvalue weighted by molar-refractivity contribution is 0.661. The number of rotatable bonds is 3. The molecule has 0 spiro atoms. The van der Waals surface area contributed by atoms with Gasteiger partial charge in [-0.1, -0.05) is 27.5 Å². The zero-order valence-corrected chi connectivity index (χ0v) is 14.4. The average Bonchev–Trinajstić information content (AvgIpc) is 2.87.